The van der Waals surface area contributed by atoms with Gasteiger partial charge in [-0.25, -0.2) is 0 Å². The molecule has 0 aliphatic carbocycles. The molecular formula is C18H30N2. The molecule has 1 aromatic rings. The predicted octanol–water partition coefficient (Wildman–Crippen LogP) is 3.90. The lowest BCUT2D eigenvalue weighted by molar-refractivity contribution is 0.0570. The van der Waals surface area contributed by atoms with Gasteiger partial charge in [0.15, 0.2) is 0 Å². The molecule has 0 N–H and O–H groups in total. The Bertz CT molecular complexity index is 427. The Morgan fingerprint density at radius 1 is 1.15 bits per heavy atom. The molecule has 1 aliphatic heterocycles. The second-order valence-electron chi connectivity index (χ2n) is 6.48. The predicted molar refractivity (Wildman–Crippen MR) is 87.2 cm³/mol. The van der Waals surface area contributed by atoms with Crippen LogP contribution in [0, 0.1) is 0 Å². The maximum atomic E-state index is 2.66. The van der Waals surface area contributed by atoms with Gasteiger partial charge in [0.05, 0.1) is 0 Å². The minimum atomic E-state index is 0.516. The standard InChI is InChI=1S/C18H30N2/c1-6-19-10-11-20(15(4)13-19)16(5)18-9-7-8-17(12-18)14(2)3/h7-9,12,14-16H,6,10-11,13H2,1-5H3/t15-,16+/m0/s1. The summed E-state index contributed by atoms with van der Waals surface area (Å²) in [6.45, 7) is 16.3. The van der Waals surface area contributed by atoms with Crippen LogP contribution in [0.25, 0.3) is 0 Å². The third-order valence-corrected chi connectivity index (χ3v) is 4.77. The highest BCUT2D eigenvalue weighted by atomic mass is 15.3. The van der Waals surface area contributed by atoms with Gasteiger partial charge in [0, 0.05) is 31.7 Å². The maximum absolute atomic E-state index is 2.66. The van der Waals surface area contributed by atoms with Gasteiger partial charge in [-0.2, -0.15) is 0 Å². The fraction of sp³-hybridized carbons (Fsp3) is 0.667. The van der Waals surface area contributed by atoms with Crippen molar-refractivity contribution in [1.82, 2.24) is 9.80 Å². The summed E-state index contributed by atoms with van der Waals surface area (Å²) in [6.07, 6.45) is 0. The maximum Gasteiger partial charge on any atom is 0.0323 e. The minimum Gasteiger partial charge on any atom is -0.301 e. The van der Waals surface area contributed by atoms with Gasteiger partial charge in [-0.05, 0) is 37.4 Å². The summed E-state index contributed by atoms with van der Waals surface area (Å²) in [5, 5.41) is 0. The lowest BCUT2D eigenvalue weighted by Crippen LogP contribution is -2.52. The van der Waals surface area contributed by atoms with Crippen LogP contribution in [0.1, 0.15) is 57.7 Å². The molecular weight excluding hydrogens is 244 g/mol. The minimum absolute atomic E-state index is 0.516. The van der Waals surface area contributed by atoms with E-state index in [0.717, 1.165) is 0 Å². The molecule has 0 saturated carbocycles. The zero-order valence-corrected chi connectivity index (χ0v) is 13.8. The summed E-state index contributed by atoms with van der Waals surface area (Å²) in [5.41, 5.74) is 2.92. The molecule has 0 amide bonds. The molecule has 0 unspecified atom stereocenters. The second kappa shape index (κ2) is 6.73. The first-order valence-corrected chi connectivity index (χ1v) is 8.10. The number of hydrogen-bond donors (Lipinski definition) is 0. The van der Waals surface area contributed by atoms with Gasteiger partial charge in [0.25, 0.3) is 0 Å². The zero-order chi connectivity index (χ0) is 14.7. The highest BCUT2D eigenvalue weighted by Gasteiger charge is 2.27. The Morgan fingerprint density at radius 2 is 1.85 bits per heavy atom. The smallest absolute Gasteiger partial charge is 0.0323 e. The first-order chi connectivity index (χ1) is 9.52. The highest BCUT2D eigenvalue weighted by molar-refractivity contribution is 5.28. The number of likely N-dealkylation sites (N-methyl/N-ethyl adjacent to an activating group) is 1. The molecule has 112 valence electrons. The van der Waals surface area contributed by atoms with Crippen LogP contribution in [0.3, 0.4) is 0 Å². The first-order valence-electron chi connectivity index (χ1n) is 8.10. The van der Waals surface area contributed by atoms with Crippen LogP contribution in [0.5, 0.6) is 0 Å². The lowest BCUT2D eigenvalue weighted by Gasteiger charge is -2.43. The van der Waals surface area contributed by atoms with Crippen molar-refractivity contribution in [2.24, 2.45) is 0 Å². The summed E-state index contributed by atoms with van der Waals surface area (Å²) in [6, 6.07) is 10.3. The first kappa shape index (κ1) is 15.5. The van der Waals surface area contributed by atoms with Crippen LogP contribution in [-0.2, 0) is 0 Å². The topological polar surface area (TPSA) is 6.48 Å². The van der Waals surface area contributed by atoms with Crippen molar-refractivity contribution in [3.63, 3.8) is 0 Å². The van der Waals surface area contributed by atoms with E-state index in [1.54, 1.807) is 0 Å². The van der Waals surface area contributed by atoms with Crippen LogP contribution >= 0.6 is 0 Å². The van der Waals surface area contributed by atoms with Gasteiger partial charge in [-0.3, -0.25) is 4.90 Å². The van der Waals surface area contributed by atoms with Crippen molar-refractivity contribution in [1.29, 1.82) is 0 Å². The molecule has 0 radical (unpaired) electrons. The van der Waals surface area contributed by atoms with Crippen molar-refractivity contribution in [3.05, 3.63) is 35.4 Å². The summed E-state index contributed by atoms with van der Waals surface area (Å²) in [7, 11) is 0. The number of benzene rings is 1. The van der Waals surface area contributed by atoms with E-state index in [0.29, 0.717) is 18.0 Å². The molecule has 1 aromatic carbocycles. The Morgan fingerprint density at radius 3 is 2.45 bits per heavy atom. The molecule has 2 nitrogen and oxygen atoms in total. The molecule has 1 saturated heterocycles. The average molecular weight is 274 g/mol. The molecule has 0 spiro atoms. The van der Waals surface area contributed by atoms with Crippen LogP contribution in [-0.4, -0.2) is 42.0 Å². The van der Waals surface area contributed by atoms with Gasteiger partial charge in [-0.15, -0.1) is 0 Å². The van der Waals surface area contributed by atoms with Crippen LogP contribution < -0.4 is 0 Å². The molecule has 2 rings (SSSR count). The lowest BCUT2D eigenvalue weighted by atomic mass is 9.96. The normalized spacial score (nSPS) is 23.2. The van der Waals surface area contributed by atoms with Gasteiger partial charge in [-0.1, -0.05) is 45.0 Å². The van der Waals surface area contributed by atoms with E-state index < -0.39 is 0 Å². The van der Waals surface area contributed by atoms with Gasteiger partial charge in [0.1, 0.15) is 0 Å². The van der Waals surface area contributed by atoms with Crippen molar-refractivity contribution in [2.75, 3.05) is 26.2 Å². The molecule has 20 heavy (non-hydrogen) atoms. The number of piperazine rings is 1. The van der Waals surface area contributed by atoms with Gasteiger partial charge < -0.3 is 4.90 Å². The zero-order valence-electron chi connectivity index (χ0n) is 13.8. The molecule has 1 fully saturated rings. The van der Waals surface area contributed by atoms with Crippen LogP contribution in [0.15, 0.2) is 24.3 Å². The van der Waals surface area contributed by atoms with E-state index in [-0.39, 0.29) is 0 Å². The second-order valence-corrected chi connectivity index (χ2v) is 6.48. The average Bonchev–Trinajstić information content (AvgIpc) is 2.46. The fourth-order valence-electron chi connectivity index (χ4n) is 3.28. The monoisotopic (exact) mass is 274 g/mol. The van der Waals surface area contributed by atoms with E-state index >= 15 is 0 Å². The molecule has 1 aliphatic rings. The van der Waals surface area contributed by atoms with Gasteiger partial charge in [0.2, 0.25) is 0 Å². The molecule has 0 aromatic heterocycles. The van der Waals surface area contributed by atoms with Crippen LogP contribution in [0.2, 0.25) is 0 Å². The van der Waals surface area contributed by atoms with E-state index in [4.69, 9.17) is 0 Å². The summed E-state index contributed by atoms with van der Waals surface area (Å²) in [4.78, 5) is 5.21. The fourth-order valence-corrected chi connectivity index (χ4v) is 3.28. The highest BCUT2D eigenvalue weighted by Crippen LogP contribution is 2.27. The van der Waals surface area contributed by atoms with E-state index in [1.165, 1.54) is 37.3 Å². The Kier molecular flexibility index (Phi) is 5.22. The van der Waals surface area contributed by atoms with Crippen molar-refractivity contribution in [3.8, 4) is 0 Å². The van der Waals surface area contributed by atoms with Gasteiger partial charge >= 0.3 is 0 Å². The molecule has 1 heterocycles. The molecule has 0 bridgehead atoms. The van der Waals surface area contributed by atoms with E-state index in [1.807, 2.05) is 0 Å². The third kappa shape index (κ3) is 3.42. The molecule has 2 atom stereocenters. The Hall–Kier alpha value is -0.860. The van der Waals surface area contributed by atoms with Crippen LogP contribution in [0.4, 0.5) is 0 Å². The van der Waals surface area contributed by atoms with Crippen molar-refractivity contribution in [2.45, 2.75) is 52.6 Å². The quantitative estimate of drug-likeness (QED) is 0.821. The SMILES string of the molecule is CCN1CCN([C@H](C)c2cccc(C(C)C)c2)[C@@H](C)C1. The largest absolute Gasteiger partial charge is 0.301 e. The molecule has 2 heteroatoms. The number of rotatable bonds is 4. The number of hydrogen-bond acceptors (Lipinski definition) is 2. The Balaban J connectivity index is 2.11. The number of nitrogens with zero attached hydrogens (tertiary/aromatic N) is 2. The van der Waals surface area contributed by atoms with Crippen molar-refractivity contribution >= 4 is 0 Å². The summed E-state index contributed by atoms with van der Waals surface area (Å²) in [5.74, 6) is 0.608. The Labute approximate surface area is 124 Å². The summed E-state index contributed by atoms with van der Waals surface area (Å²) >= 11 is 0. The summed E-state index contributed by atoms with van der Waals surface area (Å²) < 4.78 is 0. The third-order valence-electron chi connectivity index (χ3n) is 4.77. The van der Waals surface area contributed by atoms with E-state index in [2.05, 4.69) is 68.7 Å². The van der Waals surface area contributed by atoms with Crippen molar-refractivity contribution < 1.29 is 0 Å². The van der Waals surface area contributed by atoms with E-state index in [9.17, 15) is 0 Å².